The molecule has 5 heteroatoms. The smallest absolute Gasteiger partial charge is 0.271 e. The first-order chi connectivity index (χ1) is 8.90. The second-order valence-electron chi connectivity index (χ2n) is 5.49. The molecular formula is C14H25N3O2. The quantitative estimate of drug-likeness (QED) is 0.706. The monoisotopic (exact) mass is 267 g/mol. The molecule has 1 rings (SSSR count). The first kappa shape index (κ1) is 15.7. The van der Waals surface area contributed by atoms with Crippen molar-refractivity contribution in [3.8, 4) is 0 Å². The zero-order chi connectivity index (χ0) is 14.5. The van der Waals surface area contributed by atoms with E-state index in [2.05, 4.69) is 29.4 Å². The van der Waals surface area contributed by atoms with Gasteiger partial charge in [0.1, 0.15) is 5.69 Å². The second kappa shape index (κ2) is 6.70. The number of amides is 1. The van der Waals surface area contributed by atoms with Gasteiger partial charge in [0.2, 0.25) is 0 Å². The molecule has 0 bridgehead atoms. The highest BCUT2D eigenvalue weighted by Gasteiger charge is 2.23. The molecule has 0 saturated carbocycles. The summed E-state index contributed by atoms with van der Waals surface area (Å²) in [7, 11) is 0. The molecule has 1 aromatic rings. The van der Waals surface area contributed by atoms with Crippen LogP contribution >= 0.6 is 0 Å². The third-order valence-corrected chi connectivity index (χ3v) is 3.39. The van der Waals surface area contributed by atoms with E-state index in [1.807, 2.05) is 13.8 Å². The van der Waals surface area contributed by atoms with Gasteiger partial charge in [-0.05, 0) is 31.2 Å². The number of aromatic nitrogens is 2. The molecular weight excluding hydrogens is 242 g/mol. The Kier molecular flexibility index (Phi) is 5.54. The lowest BCUT2D eigenvalue weighted by molar-refractivity contribution is 0.0313. The van der Waals surface area contributed by atoms with Crippen LogP contribution in [0.15, 0.2) is 6.07 Å². The molecule has 0 aliphatic heterocycles. The Morgan fingerprint density at radius 2 is 2.11 bits per heavy atom. The number of rotatable bonds is 7. The van der Waals surface area contributed by atoms with Gasteiger partial charge >= 0.3 is 0 Å². The Hall–Kier alpha value is -1.36. The van der Waals surface area contributed by atoms with E-state index in [0.717, 1.165) is 12.1 Å². The Balaban J connectivity index is 2.56. The summed E-state index contributed by atoms with van der Waals surface area (Å²) >= 11 is 0. The van der Waals surface area contributed by atoms with Crippen molar-refractivity contribution in [1.29, 1.82) is 0 Å². The van der Waals surface area contributed by atoms with Crippen molar-refractivity contribution in [2.24, 2.45) is 5.92 Å². The van der Waals surface area contributed by atoms with Crippen molar-refractivity contribution < 1.29 is 9.90 Å². The van der Waals surface area contributed by atoms with Gasteiger partial charge in [-0.15, -0.1) is 0 Å². The normalized spacial score (nSPS) is 11.9. The molecule has 0 aromatic carbocycles. The summed E-state index contributed by atoms with van der Waals surface area (Å²) < 4.78 is 0. The summed E-state index contributed by atoms with van der Waals surface area (Å²) in [6, 6.07) is 1.77. The van der Waals surface area contributed by atoms with E-state index in [-0.39, 0.29) is 12.5 Å². The van der Waals surface area contributed by atoms with Crippen molar-refractivity contribution >= 4 is 5.91 Å². The number of carbonyl (C=O) groups excluding carboxylic acids is 1. The van der Waals surface area contributed by atoms with Crippen LogP contribution in [0.5, 0.6) is 0 Å². The van der Waals surface area contributed by atoms with E-state index in [0.29, 0.717) is 24.5 Å². The van der Waals surface area contributed by atoms with E-state index in [4.69, 9.17) is 0 Å². The van der Waals surface area contributed by atoms with E-state index < -0.39 is 5.60 Å². The molecule has 5 nitrogen and oxygen atoms in total. The fourth-order valence-electron chi connectivity index (χ4n) is 1.86. The van der Waals surface area contributed by atoms with Crippen molar-refractivity contribution in [2.75, 3.05) is 6.54 Å². The summed E-state index contributed by atoms with van der Waals surface area (Å²) in [5, 5.41) is 19.7. The van der Waals surface area contributed by atoms with Crippen molar-refractivity contribution in [3.63, 3.8) is 0 Å². The first-order valence-electron chi connectivity index (χ1n) is 6.95. The number of hydrogen-bond acceptors (Lipinski definition) is 3. The highest BCUT2D eigenvalue weighted by atomic mass is 16.3. The maximum Gasteiger partial charge on any atom is 0.271 e. The SMILES string of the molecule is CCC(O)(CC)CNC(=O)c1cc(CC(C)C)[nH]n1. The summed E-state index contributed by atoms with van der Waals surface area (Å²) in [6.07, 6.45) is 2.10. The molecule has 0 saturated heterocycles. The number of H-pyrrole nitrogens is 1. The van der Waals surface area contributed by atoms with E-state index in [1.165, 1.54) is 0 Å². The third-order valence-electron chi connectivity index (χ3n) is 3.39. The number of carbonyl (C=O) groups is 1. The minimum absolute atomic E-state index is 0.244. The highest BCUT2D eigenvalue weighted by molar-refractivity contribution is 5.92. The lowest BCUT2D eigenvalue weighted by Crippen LogP contribution is -2.42. The fourth-order valence-corrected chi connectivity index (χ4v) is 1.86. The van der Waals surface area contributed by atoms with Gasteiger partial charge in [0, 0.05) is 12.2 Å². The minimum atomic E-state index is -0.827. The van der Waals surface area contributed by atoms with Gasteiger partial charge in [0.15, 0.2) is 0 Å². The number of nitrogens with zero attached hydrogens (tertiary/aromatic N) is 1. The van der Waals surface area contributed by atoms with Gasteiger partial charge in [0.05, 0.1) is 5.60 Å². The van der Waals surface area contributed by atoms with E-state index >= 15 is 0 Å². The number of aliphatic hydroxyl groups is 1. The lowest BCUT2D eigenvalue weighted by atomic mass is 9.97. The average Bonchev–Trinajstić information content (AvgIpc) is 2.83. The Morgan fingerprint density at radius 3 is 2.63 bits per heavy atom. The molecule has 0 fully saturated rings. The zero-order valence-electron chi connectivity index (χ0n) is 12.3. The summed E-state index contributed by atoms with van der Waals surface area (Å²) in [6.45, 7) is 8.30. The molecule has 0 atom stereocenters. The van der Waals surface area contributed by atoms with Crippen molar-refractivity contribution in [3.05, 3.63) is 17.5 Å². The van der Waals surface area contributed by atoms with Gasteiger partial charge in [-0.1, -0.05) is 27.7 Å². The molecule has 0 aliphatic carbocycles. The number of hydrogen-bond donors (Lipinski definition) is 3. The Labute approximate surface area is 114 Å². The topological polar surface area (TPSA) is 78.0 Å². The van der Waals surface area contributed by atoms with Crippen LogP contribution in [-0.4, -0.2) is 33.4 Å². The van der Waals surface area contributed by atoms with Gasteiger partial charge in [0.25, 0.3) is 5.91 Å². The standard InChI is InChI=1S/C14H25N3O2/c1-5-14(19,6-2)9-15-13(18)12-8-11(16-17-12)7-10(3)4/h8,10,19H,5-7,9H2,1-4H3,(H,15,18)(H,16,17). The molecule has 19 heavy (non-hydrogen) atoms. The van der Waals surface area contributed by atoms with Crippen LogP contribution in [-0.2, 0) is 6.42 Å². The van der Waals surface area contributed by atoms with Crippen LogP contribution in [0.1, 0.15) is 56.7 Å². The highest BCUT2D eigenvalue weighted by Crippen LogP contribution is 2.13. The van der Waals surface area contributed by atoms with Crippen molar-refractivity contribution in [2.45, 2.75) is 52.6 Å². The maximum atomic E-state index is 11.9. The van der Waals surface area contributed by atoms with Crippen LogP contribution in [0.4, 0.5) is 0 Å². The Morgan fingerprint density at radius 1 is 1.47 bits per heavy atom. The molecule has 0 spiro atoms. The molecule has 1 aromatic heterocycles. The predicted octanol–water partition coefficient (Wildman–Crippen LogP) is 1.89. The summed E-state index contributed by atoms with van der Waals surface area (Å²) in [5.41, 5.74) is 0.513. The van der Waals surface area contributed by atoms with E-state index in [1.54, 1.807) is 6.07 Å². The average molecular weight is 267 g/mol. The molecule has 0 aliphatic rings. The number of nitrogens with one attached hydrogen (secondary N) is 2. The summed E-state index contributed by atoms with van der Waals surface area (Å²) in [4.78, 5) is 11.9. The van der Waals surface area contributed by atoms with Crippen LogP contribution < -0.4 is 5.32 Å². The van der Waals surface area contributed by atoms with Gasteiger partial charge in [-0.25, -0.2) is 0 Å². The third kappa shape index (κ3) is 4.67. The second-order valence-corrected chi connectivity index (χ2v) is 5.49. The van der Waals surface area contributed by atoms with Crippen molar-refractivity contribution in [1.82, 2.24) is 15.5 Å². The van der Waals surface area contributed by atoms with E-state index in [9.17, 15) is 9.90 Å². The largest absolute Gasteiger partial charge is 0.388 e. The Bertz CT molecular complexity index is 409. The molecule has 1 heterocycles. The summed E-state index contributed by atoms with van der Waals surface area (Å²) in [5.74, 6) is 0.271. The molecule has 0 radical (unpaired) electrons. The first-order valence-corrected chi connectivity index (χ1v) is 6.95. The molecule has 108 valence electrons. The van der Waals surface area contributed by atoms with Crippen LogP contribution in [0, 0.1) is 5.92 Å². The van der Waals surface area contributed by atoms with Gasteiger partial charge in [-0.3, -0.25) is 9.89 Å². The van der Waals surface area contributed by atoms with Gasteiger partial charge in [-0.2, -0.15) is 5.10 Å². The zero-order valence-corrected chi connectivity index (χ0v) is 12.3. The van der Waals surface area contributed by atoms with Crippen LogP contribution in [0.25, 0.3) is 0 Å². The molecule has 1 amide bonds. The minimum Gasteiger partial charge on any atom is -0.388 e. The fraction of sp³-hybridized carbons (Fsp3) is 0.714. The predicted molar refractivity (Wildman–Crippen MR) is 75.0 cm³/mol. The lowest BCUT2D eigenvalue weighted by Gasteiger charge is -2.25. The number of aromatic amines is 1. The van der Waals surface area contributed by atoms with Crippen LogP contribution in [0.2, 0.25) is 0 Å². The van der Waals surface area contributed by atoms with Crippen LogP contribution in [0.3, 0.4) is 0 Å². The molecule has 0 unspecified atom stereocenters. The van der Waals surface area contributed by atoms with Gasteiger partial charge < -0.3 is 10.4 Å². The maximum absolute atomic E-state index is 11.9. The molecule has 3 N–H and O–H groups in total.